The van der Waals surface area contributed by atoms with Crippen molar-refractivity contribution >= 4 is 11.8 Å². The molecule has 0 radical (unpaired) electrons. The molecule has 0 heterocycles. The molecule has 0 aromatic heterocycles. The van der Waals surface area contributed by atoms with Crippen LogP contribution in [0.3, 0.4) is 0 Å². The summed E-state index contributed by atoms with van der Waals surface area (Å²) in [4.78, 5) is 11.9. The number of rotatable bonds is 3. The maximum Gasteiger partial charge on any atom is 0.141 e. The van der Waals surface area contributed by atoms with Gasteiger partial charge in [-0.2, -0.15) is 0 Å². The van der Waals surface area contributed by atoms with Gasteiger partial charge in [0.1, 0.15) is 6.09 Å². The second-order valence-electron chi connectivity index (χ2n) is 4.05. The summed E-state index contributed by atoms with van der Waals surface area (Å²) in [6.07, 6.45) is -0.306. The minimum atomic E-state index is -1.17. The van der Waals surface area contributed by atoms with E-state index >= 15 is 0 Å². The minimum Gasteiger partial charge on any atom is -0.530 e. The molecular formula is C12H16NO2-. The first kappa shape index (κ1) is 11.6. The minimum absolute atomic E-state index is 0.501. The summed E-state index contributed by atoms with van der Waals surface area (Å²) >= 11 is 0. The Morgan fingerprint density at radius 2 is 2.00 bits per heavy atom. The van der Waals surface area contributed by atoms with Crippen LogP contribution in [-0.4, -0.2) is 13.1 Å². The third kappa shape index (κ3) is 2.98. The van der Waals surface area contributed by atoms with Crippen LogP contribution in [0.2, 0.25) is 0 Å². The van der Waals surface area contributed by atoms with Crippen molar-refractivity contribution in [3.63, 3.8) is 0 Å². The Morgan fingerprint density at radius 1 is 1.40 bits per heavy atom. The number of carbonyl (C=O) groups is 1. The van der Waals surface area contributed by atoms with Crippen LogP contribution in [-0.2, 0) is 6.42 Å². The van der Waals surface area contributed by atoms with Gasteiger partial charge in [-0.15, -0.1) is 0 Å². The van der Waals surface area contributed by atoms with Gasteiger partial charge in [-0.25, -0.2) is 0 Å². The number of anilines is 1. The van der Waals surface area contributed by atoms with Crippen molar-refractivity contribution in [2.24, 2.45) is 5.92 Å². The fraction of sp³-hybridized carbons (Fsp3) is 0.417. The average molecular weight is 206 g/mol. The van der Waals surface area contributed by atoms with Crippen LogP contribution in [0.15, 0.2) is 24.3 Å². The van der Waals surface area contributed by atoms with Gasteiger partial charge >= 0.3 is 0 Å². The molecule has 1 rings (SSSR count). The number of nitrogens with zero attached hydrogens (tertiary/aromatic N) is 1. The standard InChI is InChI=1S/C12H17NO2/c1-9(2)8-10-6-4-5-7-11(10)13(3)12(14)15/h4-7,9H,8H2,1-3H3,(H,14,15)/p-1. The third-order valence-electron chi connectivity index (χ3n) is 2.25. The molecule has 0 bridgehead atoms. The monoisotopic (exact) mass is 206 g/mol. The van der Waals surface area contributed by atoms with Gasteiger partial charge < -0.3 is 14.8 Å². The molecule has 1 amide bonds. The van der Waals surface area contributed by atoms with Gasteiger partial charge in [0.2, 0.25) is 0 Å². The van der Waals surface area contributed by atoms with Crippen LogP contribution in [0.4, 0.5) is 10.5 Å². The van der Waals surface area contributed by atoms with Crippen molar-refractivity contribution in [3.05, 3.63) is 29.8 Å². The van der Waals surface area contributed by atoms with E-state index in [9.17, 15) is 9.90 Å². The molecule has 0 unspecified atom stereocenters. The van der Waals surface area contributed by atoms with Gasteiger partial charge in [0.15, 0.2) is 0 Å². The van der Waals surface area contributed by atoms with Gasteiger partial charge in [0.05, 0.1) is 0 Å². The zero-order chi connectivity index (χ0) is 11.4. The summed E-state index contributed by atoms with van der Waals surface area (Å²) in [7, 11) is 1.51. The molecule has 0 atom stereocenters. The summed E-state index contributed by atoms with van der Waals surface area (Å²) < 4.78 is 0. The predicted molar refractivity (Wildman–Crippen MR) is 58.8 cm³/mol. The second-order valence-corrected chi connectivity index (χ2v) is 4.05. The van der Waals surface area contributed by atoms with Crippen LogP contribution >= 0.6 is 0 Å². The lowest BCUT2D eigenvalue weighted by atomic mass is 10.0. The largest absolute Gasteiger partial charge is 0.530 e. The molecule has 15 heavy (non-hydrogen) atoms. The second kappa shape index (κ2) is 4.82. The van der Waals surface area contributed by atoms with Crippen LogP contribution in [0, 0.1) is 5.92 Å². The molecule has 0 spiro atoms. The number of hydrogen-bond acceptors (Lipinski definition) is 2. The number of hydrogen-bond donors (Lipinski definition) is 0. The van der Waals surface area contributed by atoms with E-state index in [0.29, 0.717) is 11.6 Å². The third-order valence-corrected chi connectivity index (χ3v) is 2.25. The van der Waals surface area contributed by atoms with Gasteiger partial charge in [-0.1, -0.05) is 32.0 Å². The summed E-state index contributed by atoms with van der Waals surface area (Å²) in [5, 5.41) is 10.8. The lowest BCUT2D eigenvalue weighted by Crippen LogP contribution is -2.38. The van der Waals surface area contributed by atoms with E-state index in [2.05, 4.69) is 13.8 Å². The molecule has 82 valence electrons. The normalized spacial score (nSPS) is 10.4. The summed E-state index contributed by atoms with van der Waals surface area (Å²) in [5.41, 5.74) is 1.76. The first-order valence-corrected chi connectivity index (χ1v) is 5.05. The molecule has 1 aromatic carbocycles. The Kier molecular flexibility index (Phi) is 3.72. The Bertz CT molecular complexity index is 347. The van der Waals surface area contributed by atoms with Gasteiger partial charge in [0, 0.05) is 12.7 Å². The Hall–Kier alpha value is -1.51. The molecule has 0 saturated heterocycles. The molecule has 1 aromatic rings. The number of carboxylic acid groups (broad SMARTS) is 1. The number of carbonyl (C=O) groups excluding carboxylic acids is 1. The maximum atomic E-state index is 10.8. The highest BCUT2D eigenvalue weighted by atomic mass is 16.4. The van der Waals surface area contributed by atoms with Crippen molar-refractivity contribution < 1.29 is 9.90 Å². The molecule has 3 heteroatoms. The number of amides is 1. The van der Waals surface area contributed by atoms with Crippen molar-refractivity contribution in [3.8, 4) is 0 Å². The molecule has 0 aliphatic carbocycles. The first-order valence-electron chi connectivity index (χ1n) is 5.05. The van der Waals surface area contributed by atoms with Gasteiger partial charge in [-0.3, -0.25) is 0 Å². The summed E-state index contributed by atoms with van der Waals surface area (Å²) in [6, 6.07) is 7.51. The Labute approximate surface area is 90.3 Å². The highest BCUT2D eigenvalue weighted by Crippen LogP contribution is 2.21. The van der Waals surface area contributed by atoms with Gasteiger partial charge in [-0.05, 0) is 24.0 Å². The smallest absolute Gasteiger partial charge is 0.141 e. The summed E-state index contributed by atoms with van der Waals surface area (Å²) in [5.74, 6) is 0.501. The van der Waals surface area contributed by atoms with Crippen molar-refractivity contribution in [1.82, 2.24) is 0 Å². The van der Waals surface area contributed by atoms with E-state index in [1.54, 1.807) is 6.07 Å². The zero-order valence-electron chi connectivity index (χ0n) is 9.36. The first-order chi connectivity index (χ1) is 7.02. The maximum absolute atomic E-state index is 10.8. The zero-order valence-corrected chi connectivity index (χ0v) is 9.36. The Balaban J connectivity index is 3.00. The lowest BCUT2D eigenvalue weighted by molar-refractivity contribution is -0.246. The fourth-order valence-corrected chi connectivity index (χ4v) is 1.55. The molecule has 0 saturated carbocycles. The number of para-hydroxylation sites is 1. The SMILES string of the molecule is CC(C)Cc1ccccc1N(C)C(=O)[O-]. The highest BCUT2D eigenvalue weighted by molar-refractivity contribution is 5.84. The fourth-order valence-electron chi connectivity index (χ4n) is 1.55. The quantitative estimate of drug-likeness (QED) is 0.755. The van der Waals surface area contributed by atoms with Crippen LogP contribution < -0.4 is 10.0 Å². The van der Waals surface area contributed by atoms with Crippen LogP contribution in [0.5, 0.6) is 0 Å². The molecule has 0 aliphatic heterocycles. The highest BCUT2D eigenvalue weighted by Gasteiger charge is 2.08. The predicted octanol–water partition coefficient (Wildman–Crippen LogP) is 1.66. The van der Waals surface area contributed by atoms with E-state index in [-0.39, 0.29) is 0 Å². The number of benzene rings is 1. The van der Waals surface area contributed by atoms with Crippen LogP contribution in [0.1, 0.15) is 19.4 Å². The Morgan fingerprint density at radius 3 is 2.53 bits per heavy atom. The van der Waals surface area contributed by atoms with E-state index in [0.717, 1.165) is 16.9 Å². The van der Waals surface area contributed by atoms with E-state index in [1.807, 2.05) is 18.2 Å². The van der Waals surface area contributed by atoms with Crippen LogP contribution in [0.25, 0.3) is 0 Å². The van der Waals surface area contributed by atoms with E-state index in [4.69, 9.17) is 0 Å². The van der Waals surface area contributed by atoms with Crippen molar-refractivity contribution in [1.29, 1.82) is 0 Å². The van der Waals surface area contributed by atoms with Gasteiger partial charge in [0.25, 0.3) is 0 Å². The summed E-state index contributed by atoms with van der Waals surface area (Å²) in [6.45, 7) is 4.21. The van der Waals surface area contributed by atoms with Crippen molar-refractivity contribution in [2.75, 3.05) is 11.9 Å². The van der Waals surface area contributed by atoms with E-state index in [1.165, 1.54) is 7.05 Å². The lowest BCUT2D eigenvalue weighted by Gasteiger charge is -2.23. The van der Waals surface area contributed by atoms with Crippen molar-refractivity contribution in [2.45, 2.75) is 20.3 Å². The molecule has 3 nitrogen and oxygen atoms in total. The molecule has 0 fully saturated rings. The molecular weight excluding hydrogens is 190 g/mol. The average Bonchev–Trinajstić information content (AvgIpc) is 2.16. The van der Waals surface area contributed by atoms with E-state index < -0.39 is 6.09 Å². The molecule has 0 N–H and O–H groups in total. The molecule has 0 aliphatic rings. The topological polar surface area (TPSA) is 43.4 Å².